The van der Waals surface area contributed by atoms with Crippen molar-refractivity contribution < 1.29 is 4.79 Å². The molecule has 0 saturated heterocycles. The number of ketones is 1. The van der Waals surface area contributed by atoms with Crippen LogP contribution < -0.4 is 5.73 Å². The molecular weight excluding hydrogens is 274 g/mol. The van der Waals surface area contributed by atoms with Gasteiger partial charge in [0.2, 0.25) is 0 Å². The van der Waals surface area contributed by atoms with E-state index in [1.165, 1.54) is 4.90 Å². The van der Waals surface area contributed by atoms with Crippen LogP contribution in [0.1, 0.15) is 12.8 Å². The summed E-state index contributed by atoms with van der Waals surface area (Å²) >= 11 is 5.15. The molecule has 0 aliphatic heterocycles. The quantitative estimate of drug-likeness (QED) is 0.928. The Bertz CT molecular complexity index is 386. The Hall–Kier alpha value is -0.320. The number of benzene rings is 1. The second-order valence-corrected chi connectivity index (χ2v) is 6.30. The van der Waals surface area contributed by atoms with Gasteiger partial charge in [0.1, 0.15) is 5.78 Å². The van der Waals surface area contributed by atoms with Gasteiger partial charge in [0.25, 0.3) is 0 Å². The van der Waals surface area contributed by atoms with E-state index in [2.05, 4.69) is 28.1 Å². The summed E-state index contributed by atoms with van der Waals surface area (Å²) in [5, 5.41) is 0. The van der Waals surface area contributed by atoms with Crippen molar-refractivity contribution in [1.29, 1.82) is 0 Å². The average Bonchev–Trinajstić information content (AvgIpc) is 2.15. The molecule has 2 rings (SSSR count). The largest absolute Gasteiger partial charge is 0.329 e. The second-order valence-electron chi connectivity index (χ2n) is 3.84. The molecule has 0 heterocycles. The van der Waals surface area contributed by atoms with Gasteiger partial charge in [-0.3, -0.25) is 4.79 Å². The SMILES string of the molecule is NCC1(Sc2cccc(Br)c2)CC(=O)C1. The standard InChI is InChI=1S/C11H12BrNOS/c12-8-2-1-3-10(4-8)15-11(7-13)5-9(14)6-11/h1-4H,5-7,13H2. The van der Waals surface area contributed by atoms with Crippen LogP contribution in [0.2, 0.25) is 0 Å². The minimum Gasteiger partial charge on any atom is -0.329 e. The first kappa shape index (κ1) is 11.2. The molecule has 1 aromatic carbocycles. The van der Waals surface area contributed by atoms with Crippen LogP contribution in [0.5, 0.6) is 0 Å². The molecule has 0 atom stereocenters. The minimum absolute atomic E-state index is 0.0438. The predicted molar refractivity (Wildman–Crippen MR) is 66.0 cm³/mol. The van der Waals surface area contributed by atoms with Crippen LogP contribution in [0.3, 0.4) is 0 Å². The molecule has 1 saturated carbocycles. The first-order valence-corrected chi connectivity index (χ1v) is 6.41. The maximum atomic E-state index is 11.1. The first-order chi connectivity index (χ1) is 7.13. The Morgan fingerprint density at radius 1 is 1.47 bits per heavy atom. The van der Waals surface area contributed by atoms with Gasteiger partial charge in [-0.25, -0.2) is 0 Å². The van der Waals surface area contributed by atoms with Crippen LogP contribution in [0, 0.1) is 0 Å². The number of Topliss-reactive ketones (excluding diaryl/α,β-unsaturated/α-hetero) is 1. The molecule has 0 amide bonds. The van der Waals surface area contributed by atoms with Crippen LogP contribution in [-0.4, -0.2) is 17.1 Å². The van der Waals surface area contributed by atoms with Crippen molar-refractivity contribution in [3.05, 3.63) is 28.7 Å². The van der Waals surface area contributed by atoms with Crippen molar-refractivity contribution in [2.24, 2.45) is 5.73 Å². The van der Waals surface area contributed by atoms with E-state index in [0.29, 0.717) is 25.2 Å². The average molecular weight is 286 g/mol. The van der Waals surface area contributed by atoms with E-state index in [-0.39, 0.29) is 4.75 Å². The van der Waals surface area contributed by atoms with Gasteiger partial charge in [0.05, 0.1) is 0 Å². The molecule has 0 radical (unpaired) electrons. The summed E-state index contributed by atoms with van der Waals surface area (Å²) in [6.07, 6.45) is 1.22. The number of thioether (sulfide) groups is 1. The summed E-state index contributed by atoms with van der Waals surface area (Å²) in [7, 11) is 0. The van der Waals surface area contributed by atoms with Crippen LogP contribution in [0.25, 0.3) is 0 Å². The second kappa shape index (κ2) is 4.28. The highest BCUT2D eigenvalue weighted by molar-refractivity contribution is 9.10. The molecular formula is C11H12BrNOS. The number of nitrogens with two attached hydrogens (primary N) is 1. The fraction of sp³-hybridized carbons (Fsp3) is 0.364. The van der Waals surface area contributed by atoms with E-state index in [4.69, 9.17) is 5.73 Å². The van der Waals surface area contributed by atoms with Crippen molar-refractivity contribution in [2.45, 2.75) is 22.5 Å². The highest BCUT2D eigenvalue weighted by atomic mass is 79.9. The Labute approximate surface area is 102 Å². The normalized spacial score (nSPS) is 18.7. The van der Waals surface area contributed by atoms with Gasteiger partial charge in [-0.05, 0) is 18.2 Å². The number of carbonyl (C=O) groups is 1. The molecule has 1 fully saturated rings. The zero-order chi connectivity index (χ0) is 10.9. The molecule has 1 aromatic rings. The number of hydrogen-bond acceptors (Lipinski definition) is 3. The monoisotopic (exact) mass is 285 g/mol. The molecule has 0 spiro atoms. The molecule has 1 aliphatic rings. The minimum atomic E-state index is -0.0438. The molecule has 0 unspecified atom stereocenters. The fourth-order valence-corrected chi connectivity index (χ4v) is 3.64. The van der Waals surface area contributed by atoms with Gasteiger partial charge in [-0.1, -0.05) is 22.0 Å². The van der Waals surface area contributed by atoms with Crippen molar-refractivity contribution >= 4 is 33.5 Å². The summed E-state index contributed by atoms with van der Waals surface area (Å²) in [5.74, 6) is 0.322. The van der Waals surface area contributed by atoms with E-state index in [9.17, 15) is 4.79 Å². The maximum absolute atomic E-state index is 11.1. The maximum Gasteiger partial charge on any atom is 0.135 e. The van der Waals surface area contributed by atoms with E-state index >= 15 is 0 Å². The first-order valence-electron chi connectivity index (χ1n) is 4.80. The lowest BCUT2D eigenvalue weighted by Crippen LogP contribution is -2.47. The van der Waals surface area contributed by atoms with E-state index in [0.717, 1.165) is 4.47 Å². The third-order valence-corrected chi connectivity index (χ3v) is 4.41. The molecule has 0 aromatic heterocycles. The molecule has 15 heavy (non-hydrogen) atoms. The summed E-state index contributed by atoms with van der Waals surface area (Å²) in [6.45, 7) is 0.565. The number of carbonyl (C=O) groups excluding carboxylic acids is 1. The summed E-state index contributed by atoms with van der Waals surface area (Å²) in [5.41, 5.74) is 5.73. The zero-order valence-corrected chi connectivity index (χ0v) is 10.6. The van der Waals surface area contributed by atoms with Crippen LogP contribution in [0.4, 0.5) is 0 Å². The van der Waals surface area contributed by atoms with Crippen molar-refractivity contribution in [2.75, 3.05) is 6.54 Å². The lowest BCUT2D eigenvalue weighted by molar-refractivity contribution is -0.125. The van der Waals surface area contributed by atoms with Crippen LogP contribution in [0.15, 0.2) is 33.6 Å². The highest BCUT2D eigenvalue weighted by Gasteiger charge is 2.43. The van der Waals surface area contributed by atoms with E-state index in [1.807, 2.05) is 12.1 Å². The van der Waals surface area contributed by atoms with Gasteiger partial charge in [0.15, 0.2) is 0 Å². The summed E-state index contributed by atoms with van der Waals surface area (Å²) in [4.78, 5) is 12.2. The summed E-state index contributed by atoms with van der Waals surface area (Å²) in [6, 6.07) is 8.10. The zero-order valence-electron chi connectivity index (χ0n) is 8.20. The Kier molecular flexibility index (Phi) is 3.19. The van der Waals surface area contributed by atoms with Crippen LogP contribution in [-0.2, 0) is 4.79 Å². The van der Waals surface area contributed by atoms with Gasteiger partial charge in [-0.15, -0.1) is 11.8 Å². The van der Waals surface area contributed by atoms with Crippen molar-refractivity contribution in [3.8, 4) is 0 Å². The third-order valence-electron chi connectivity index (χ3n) is 2.54. The van der Waals surface area contributed by atoms with Crippen molar-refractivity contribution in [1.82, 2.24) is 0 Å². The Morgan fingerprint density at radius 3 is 2.73 bits per heavy atom. The predicted octanol–water partition coefficient (Wildman–Crippen LogP) is 2.60. The molecule has 2 nitrogen and oxygen atoms in total. The molecule has 2 N–H and O–H groups in total. The third kappa shape index (κ3) is 2.44. The molecule has 1 aliphatic carbocycles. The number of rotatable bonds is 3. The van der Waals surface area contributed by atoms with Gasteiger partial charge >= 0.3 is 0 Å². The van der Waals surface area contributed by atoms with Crippen LogP contribution >= 0.6 is 27.7 Å². The summed E-state index contributed by atoms with van der Waals surface area (Å²) < 4.78 is 1.02. The highest BCUT2D eigenvalue weighted by Crippen LogP contribution is 2.45. The number of halogens is 1. The fourth-order valence-electron chi connectivity index (χ4n) is 1.71. The van der Waals surface area contributed by atoms with Gasteiger partial charge < -0.3 is 5.73 Å². The lowest BCUT2D eigenvalue weighted by atomic mass is 9.83. The molecule has 4 heteroatoms. The topological polar surface area (TPSA) is 43.1 Å². The Balaban J connectivity index is 2.11. The molecule has 0 bridgehead atoms. The Morgan fingerprint density at radius 2 is 2.20 bits per heavy atom. The molecule has 80 valence electrons. The van der Waals surface area contributed by atoms with Crippen molar-refractivity contribution in [3.63, 3.8) is 0 Å². The van der Waals surface area contributed by atoms with E-state index < -0.39 is 0 Å². The smallest absolute Gasteiger partial charge is 0.135 e. The lowest BCUT2D eigenvalue weighted by Gasteiger charge is -2.38. The van der Waals surface area contributed by atoms with Gasteiger partial charge in [0, 0.05) is 33.5 Å². The van der Waals surface area contributed by atoms with Gasteiger partial charge in [-0.2, -0.15) is 0 Å². The van der Waals surface area contributed by atoms with E-state index in [1.54, 1.807) is 11.8 Å². The number of hydrogen-bond donors (Lipinski definition) is 1.